The van der Waals surface area contributed by atoms with E-state index in [-0.39, 0.29) is 8.85 Å². The van der Waals surface area contributed by atoms with Crippen molar-refractivity contribution in [2.75, 3.05) is 26.3 Å². The molecule has 1 heterocycles. The average molecular weight is 236 g/mol. The Morgan fingerprint density at radius 2 is 1.25 bits per heavy atom. The summed E-state index contributed by atoms with van der Waals surface area (Å²) < 4.78 is 5.21. The van der Waals surface area contributed by atoms with E-state index in [9.17, 15) is 0 Å². The van der Waals surface area contributed by atoms with Crippen LogP contribution in [0.5, 0.6) is 0 Å². The van der Waals surface area contributed by atoms with Gasteiger partial charge in [0.2, 0.25) is 0 Å². The van der Waals surface area contributed by atoms with Gasteiger partial charge in [0.25, 0.3) is 0 Å². The van der Waals surface area contributed by atoms with Crippen LogP contribution in [0.3, 0.4) is 0 Å². The van der Waals surface area contributed by atoms with E-state index < -0.39 is 0 Å². The average Bonchev–Trinajstić information content (AvgIpc) is 2.21. The van der Waals surface area contributed by atoms with Crippen LogP contribution in [0.2, 0.25) is 0 Å². The van der Waals surface area contributed by atoms with Crippen molar-refractivity contribution in [3.63, 3.8) is 0 Å². The van der Waals surface area contributed by atoms with Gasteiger partial charge in [-0.05, 0) is 19.8 Å². The summed E-state index contributed by atoms with van der Waals surface area (Å²) >= 11 is 0. The summed E-state index contributed by atoms with van der Waals surface area (Å²) in [6.45, 7) is 19.0. The Morgan fingerprint density at radius 1 is 0.938 bits per heavy atom. The van der Waals surface area contributed by atoms with Crippen molar-refractivity contribution in [3.8, 4) is 0 Å². The molecule has 0 N–H and O–H groups in total. The molecule has 2 nitrogen and oxygen atoms in total. The van der Waals surface area contributed by atoms with E-state index in [1.165, 1.54) is 0 Å². The lowest BCUT2D eigenvalue weighted by Gasteiger charge is -2.29. The SMILES string of the molecule is C.CC.CC(C)C.CC(C)N1CCOCC1.[2HH]. The van der Waals surface area contributed by atoms with Gasteiger partial charge in [0.1, 0.15) is 0 Å². The van der Waals surface area contributed by atoms with Crippen molar-refractivity contribution in [3.05, 3.63) is 0 Å². The Labute approximate surface area is 106 Å². The quantitative estimate of drug-likeness (QED) is 0.673. The molecule has 0 spiro atoms. The zero-order chi connectivity index (χ0) is 12.3. The predicted octanol–water partition coefficient (Wildman–Crippen LogP) is 4.30. The number of morpholine rings is 1. The van der Waals surface area contributed by atoms with Crippen LogP contribution in [-0.2, 0) is 4.74 Å². The second-order valence-electron chi connectivity index (χ2n) is 4.47. The first-order valence-corrected chi connectivity index (χ1v) is 6.35. The Bertz CT molecular complexity index is 110. The Morgan fingerprint density at radius 3 is 1.44 bits per heavy atom. The molecule has 2 heteroatoms. The van der Waals surface area contributed by atoms with Gasteiger partial charge in [-0.15, -0.1) is 0 Å². The predicted molar refractivity (Wildman–Crippen MR) is 78.2 cm³/mol. The molecule has 0 atom stereocenters. The molecular formula is C14H37NO. The Kier molecular flexibility index (Phi) is 19.8. The van der Waals surface area contributed by atoms with Crippen LogP contribution in [0.25, 0.3) is 0 Å². The molecule has 0 aliphatic carbocycles. The van der Waals surface area contributed by atoms with E-state index in [0.717, 1.165) is 32.2 Å². The maximum atomic E-state index is 5.21. The van der Waals surface area contributed by atoms with Gasteiger partial charge in [0.05, 0.1) is 13.2 Å². The molecule has 0 aromatic carbocycles. The van der Waals surface area contributed by atoms with Crippen molar-refractivity contribution in [2.24, 2.45) is 5.92 Å². The highest BCUT2D eigenvalue weighted by Crippen LogP contribution is 2.01. The van der Waals surface area contributed by atoms with Crippen LogP contribution in [-0.4, -0.2) is 37.2 Å². The topological polar surface area (TPSA) is 12.5 Å². The highest BCUT2D eigenvalue weighted by atomic mass is 16.5. The first-order valence-electron chi connectivity index (χ1n) is 6.35. The fourth-order valence-electron chi connectivity index (χ4n) is 1.09. The van der Waals surface area contributed by atoms with Crippen LogP contribution >= 0.6 is 0 Å². The van der Waals surface area contributed by atoms with Crippen LogP contribution < -0.4 is 0 Å². The van der Waals surface area contributed by atoms with Gasteiger partial charge in [-0.3, -0.25) is 4.90 Å². The molecule has 104 valence electrons. The minimum atomic E-state index is 0. The zero-order valence-electron chi connectivity index (χ0n) is 11.8. The molecule has 0 aromatic rings. The van der Waals surface area contributed by atoms with E-state index in [2.05, 4.69) is 39.5 Å². The maximum Gasteiger partial charge on any atom is 0.0594 e. The fourth-order valence-corrected chi connectivity index (χ4v) is 1.09. The third-order valence-electron chi connectivity index (χ3n) is 1.78. The molecule has 1 fully saturated rings. The minimum Gasteiger partial charge on any atom is -0.379 e. The summed E-state index contributed by atoms with van der Waals surface area (Å²) in [6, 6.07) is 0.689. The molecular weight excluding hydrogens is 198 g/mol. The van der Waals surface area contributed by atoms with Gasteiger partial charge in [-0.1, -0.05) is 42.0 Å². The van der Waals surface area contributed by atoms with Crippen molar-refractivity contribution in [1.82, 2.24) is 4.90 Å². The van der Waals surface area contributed by atoms with Crippen LogP contribution in [0, 0.1) is 5.92 Å². The Hall–Kier alpha value is -0.0800. The highest BCUT2D eigenvalue weighted by Gasteiger charge is 2.11. The van der Waals surface area contributed by atoms with Gasteiger partial charge in [-0.2, -0.15) is 0 Å². The number of nitrogens with zero attached hydrogens (tertiary/aromatic N) is 1. The van der Waals surface area contributed by atoms with E-state index in [4.69, 9.17) is 4.74 Å². The summed E-state index contributed by atoms with van der Waals surface area (Å²) in [6.07, 6.45) is 0. The van der Waals surface area contributed by atoms with Crippen molar-refractivity contribution >= 4 is 0 Å². The van der Waals surface area contributed by atoms with E-state index >= 15 is 0 Å². The van der Waals surface area contributed by atoms with Crippen molar-refractivity contribution in [1.29, 1.82) is 0 Å². The molecule has 1 aliphatic heterocycles. The van der Waals surface area contributed by atoms with E-state index in [1.54, 1.807) is 0 Å². The summed E-state index contributed by atoms with van der Waals surface area (Å²) in [5.74, 6) is 0.833. The van der Waals surface area contributed by atoms with Crippen LogP contribution in [0.4, 0.5) is 0 Å². The van der Waals surface area contributed by atoms with Crippen LogP contribution in [0.1, 0.15) is 57.3 Å². The summed E-state index contributed by atoms with van der Waals surface area (Å²) in [4.78, 5) is 2.43. The summed E-state index contributed by atoms with van der Waals surface area (Å²) in [7, 11) is 0. The summed E-state index contributed by atoms with van der Waals surface area (Å²) in [5.41, 5.74) is 0. The highest BCUT2D eigenvalue weighted by molar-refractivity contribution is 4.64. The van der Waals surface area contributed by atoms with Gasteiger partial charge in [-0.25, -0.2) is 0 Å². The number of rotatable bonds is 1. The second-order valence-corrected chi connectivity index (χ2v) is 4.47. The minimum absolute atomic E-state index is 0. The molecule has 0 unspecified atom stereocenters. The number of hydrogen-bond acceptors (Lipinski definition) is 2. The molecule has 0 saturated carbocycles. The molecule has 1 saturated heterocycles. The first-order chi connectivity index (χ1) is 7.04. The smallest absolute Gasteiger partial charge is 0.0594 e. The van der Waals surface area contributed by atoms with E-state index in [1.807, 2.05) is 13.8 Å². The lowest BCUT2D eigenvalue weighted by Crippen LogP contribution is -2.40. The molecule has 1 aliphatic rings. The third-order valence-corrected chi connectivity index (χ3v) is 1.78. The van der Waals surface area contributed by atoms with Gasteiger partial charge >= 0.3 is 0 Å². The van der Waals surface area contributed by atoms with Gasteiger partial charge < -0.3 is 4.74 Å². The normalized spacial score (nSPS) is 15.6. The van der Waals surface area contributed by atoms with Crippen molar-refractivity contribution < 1.29 is 6.16 Å². The monoisotopic (exact) mass is 236 g/mol. The Balaban J connectivity index is -0.0000000925. The van der Waals surface area contributed by atoms with E-state index in [0.29, 0.717) is 6.04 Å². The lowest BCUT2D eigenvalue weighted by molar-refractivity contribution is 0.0238. The molecule has 0 bridgehead atoms. The fraction of sp³-hybridized carbons (Fsp3) is 1.00. The van der Waals surface area contributed by atoms with Gasteiger partial charge in [0.15, 0.2) is 0 Å². The molecule has 0 aromatic heterocycles. The van der Waals surface area contributed by atoms with Crippen LogP contribution in [0.15, 0.2) is 0 Å². The van der Waals surface area contributed by atoms with Crippen molar-refractivity contribution in [2.45, 2.75) is 61.9 Å². The first kappa shape index (κ1) is 21.2. The maximum absolute atomic E-state index is 5.21. The number of ether oxygens (including phenoxy) is 1. The largest absolute Gasteiger partial charge is 0.379 e. The molecule has 16 heavy (non-hydrogen) atoms. The number of hydrogen-bond donors (Lipinski definition) is 0. The lowest BCUT2D eigenvalue weighted by atomic mass is 10.3. The molecule has 0 radical (unpaired) electrons. The molecule has 1 rings (SSSR count). The van der Waals surface area contributed by atoms with Gasteiger partial charge in [0, 0.05) is 20.6 Å². The second kappa shape index (κ2) is 14.9. The zero-order valence-corrected chi connectivity index (χ0v) is 11.8. The summed E-state index contributed by atoms with van der Waals surface area (Å²) in [5, 5.41) is 0. The molecule has 0 amide bonds. The third kappa shape index (κ3) is 16.4. The standard InChI is InChI=1S/C7H15NO.C4H10.C2H6.CH4.H2/c1-7(2)8-3-5-9-6-4-8;1-4(2)3;1-2;;/h7H,3-6H2,1-2H3;4H,1-3H3;1-2H3;1H4;1H/i;;;;1+1.